The molecule has 0 N–H and O–H groups in total. The summed E-state index contributed by atoms with van der Waals surface area (Å²) in [5, 5.41) is 0. The standard InChI is InChI=1S/C15H11BrF2O3/c1-20-13-7-11(16)14(21-2)6-10(13)15(19)9-4-3-8(17)5-12(9)18/h3-7H,1-2H3. The molecule has 0 saturated carbocycles. The number of halogens is 3. The van der Waals surface area contributed by atoms with Crippen LogP contribution >= 0.6 is 15.9 Å². The minimum Gasteiger partial charge on any atom is -0.496 e. The molecular weight excluding hydrogens is 346 g/mol. The average Bonchev–Trinajstić information content (AvgIpc) is 2.46. The summed E-state index contributed by atoms with van der Waals surface area (Å²) in [6.07, 6.45) is 0. The Hall–Kier alpha value is -1.95. The predicted molar refractivity (Wildman–Crippen MR) is 77.0 cm³/mol. The van der Waals surface area contributed by atoms with Gasteiger partial charge in [-0.1, -0.05) is 0 Å². The fraction of sp³-hybridized carbons (Fsp3) is 0.133. The molecule has 0 aliphatic carbocycles. The minimum atomic E-state index is -0.927. The van der Waals surface area contributed by atoms with Crippen LogP contribution in [-0.4, -0.2) is 20.0 Å². The normalized spacial score (nSPS) is 10.3. The third-order valence-corrected chi connectivity index (χ3v) is 3.51. The molecule has 0 amide bonds. The van der Waals surface area contributed by atoms with Gasteiger partial charge in [0.25, 0.3) is 0 Å². The van der Waals surface area contributed by atoms with Gasteiger partial charge in [0.2, 0.25) is 0 Å². The number of rotatable bonds is 4. The topological polar surface area (TPSA) is 35.5 Å². The van der Waals surface area contributed by atoms with Crippen molar-refractivity contribution in [1.29, 1.82) is 0 Å². The summed E-state index contributed by atoms with van der Waals surface area (Å²) in [5.74, 6) is -1.62. The molecule has 110 valence electrons. The van der Waals surface area contributed by atoms with Gasteiger partial charge in [-0.15, -0.1) is 0 Å². The van der Waals surface area contributed by atoms with Crippen LogP contribution in [0.25, 0.3) is 0 Å². The molecule has 0 aromatic heterocycles. The summed E-state index contributed by atoms with van der Waals surface area (Å²) in [7, 11) is 2.84. The Morgan fingerprint density at radius 3 is 2.24 bits per heavy atom. The van der Waals surface area contributed by atoms with Crippen molar-refractivity contribution in [1.82, 2.24) is 0 Å². The first-order valence-electron chi connectivity index (χ1n) is 5.89. The number of carbonyl (C=O) groups is 1. The Balaban J connectivity index is 2.56. The van der Waals surface area contributed by atoms with Gasteiger partial charge in [-0.3, -0.25) is 4.79 Å². The van der Waals surface area contributed by atoms with Crippen molar-refractivity contribution in [3.8, 4) is 11.5 Å². The first-order valence-corrected chi connectivity index (χ1v) is 6.68. The lowest BCUT2D eigenvalue weighted by Gasteiger charge is -2.12. The van der Waals surface area contributed by atoms with Crippen LogP contribution < -0.4 is 9.47 Å². The van der Waals surface area contributed by atoms with Crippen LogP contribution in [0.1, 0.15) is 15.9 Å². The van der Waals surface area contributed by atoms with E-state index in [9.17, 15) is 13.6 Å². The van der Waals surface area contributed by atoms with Gasteiger partial charge in [0, 0.05) is 6.07 Å². The lowest BCUT2D eigenvalue weighted by molar-refractivity contribution is 0.103. The number of hydrogen-bond donors (Lipinski definition) is 0. The van der Waals surface area contributed by atoms with Crippen molar-refractivity contribution < 1.29 is 23.0 Å². The molecule has 3 nitrogen and oxygen atoms in total. The molecule has 6 heteroatoms. The summed E-state index contributed by atoms with van der Waals surface area (Å²) in [6, 6.07) is 5.77. The van der Waals surface area contributed by atoms with Crippen LogP contribution in [0.4, 0.5) is 8.78 Å². The molecule has 0 unspecified atom stereocenters. The average molecular weight is 357 g/mol. The van der Waals surface area contributed by atoms with E-state index in [0.29, 0.717) is 16.3 Å². The second kappa shape index (κ2) is 6.22. The van der Waals surface area contributed by atoms with Crippen LogP contribution in [0.15, 0.2) is 34.8 Å². The Bertz CT molecular complexity index is 702. The zero-order valence-electron chi connectivity index (χ0n) is 11.2. The zero-order chi connectivity index (χ0) is 15.6. The van der Waals surface area contributed by atoms with Gasteiger partial charge in [-0.05, 0) is 40.2 Å². The molecule has 0 atom stereocenters. The third kappa shape index (κ3) is 3.05. The fourth-order valence-electron chi connectivity index (χ4n) is 1.86. The maximum absolute atomic E-state index is 13.7. The summed E-state index contributed by atoms with van der Waals surface area (Å²) in [4.78, 5) is 12.4. The van der Waals surface area contributed by atoms with Crippen molar-refractivity contribution in [2.45, 2.75) is 0 Å². The first-order chi connectivity index (χ1) is 9.97. The number of methoxy groups -OCH3 is 2. The van der Waals surface area contributed by atoms with Gasteiger partial charge in [0.15, 0.2) is 5.78 Å². The van der Waals surface area contributed by atoms with E-state index in [2.05, 4.69) is 15.9 Å². The second-order valence-corrected chi connectivity index (χ2v) is 4.99. The Morgan fingerprint density at radius 2 is 1.67 bits per heavy atom. The van der Waals surface area contributed by atoms with Gasteiger partial charge in [-0.25, -0.2) is 8.78 Å². The highest BCUT2D eigenvalue weighted by molar-refractivity contribution is 9.10. The predicted octanol–water partition coefficient (Wildman–Crippen LogP) is 3.98. The van der Waals surface area contributed by atoms with Gasteiger partial charge < -0.3 is 9.47 Å². The van der Waals surface area contributed by atoms with Crippen LogP contribution in [0.5, 0.6) is 11.5 Å². The highest BCUT2D eigenvalue weighted by Gasteiger charge is 2.20. The van der Waals surface area contributed by atoms with Gasteiger partial charge in [0.05, 0.1) is 29.8 Å². The molecule has 0 bridgehead atoms. The van der Waals surface area contributed by atoms with E-state index in [-0.39, 0.29) is 16.9 Å². The van der Waals surface area contributed by atoms with Crippen LogP contribution in [0, 0.1) is 11.6 Å². The third-order valence-electron chi connectivity index (χ3n) is 2.89. The molecule has 2 aromatic carbocycles. The minimum absolute atomic E-state index is 0.128. The maximum Gasteiger partial charge on any atom is 0.199 e. The highest BCUT2D eigenvalue weighted by atomic mass is 79.9. The smallest absolute Gasteiger partial charge is 0.199 e. The Morgan fingerprint density at radius 1 is 1.00 bits per heavy atom. The molecule has 0 aliphatic heterocycles. The van der Waals surface area contributed by atoms with Crippen molar-refractivity contribution in [3.63, 3.8) is 0 Å². The Labute approximate surface area is 128 Å². The fourth-order valence-corrected chi connectivity index (χ4v) is 2.34. The Kier molecular flexibility index (Phi) is 4.57. The van der Waals surface area contributed by atoms with E-state index in [1.54, 1.807) is 6.07 Å². The van der Waals surface area contributed by atoms with Crippen molar-refractivity contribution >= 4 is 21.7 Å². The van der Waals surface area contributed by atoms with Crippen LogP contribution in [0.3, 0.4) is 0 Å². The SMILES string of the molecule is COc1cc(C(=O)c2ccc(F)cc2F)c(OC)cc1Br. The maximum atomic E-state index is 13.7. The number of benzene rings is 2. The van der Waals surface area contributed by atoms with Crippen molar-refractivity contribution in [2.24, 2.45) is 0 Å². The number of ether oxygens (including phenoxy) is 2. The second-order valence-electron chi connectivity index (χ2n) is 4.14. The van der Waals surface area contributed by atoms with Gasteiger partial charge in [-0.2, -0.15) is 0 Å². The quantitative estimate of drug-likeness (QED) is 0.777. The van der Waals surface area contributed by atoms with Crippen molar-refractivity contribution in [2.75, 3.05) is 14.2 Å². The number of hydrogen-bond acceptors (Lipinski definition) is 3. The van der Waals surface area contributed by atoms with E-state index in [0.717, 1.165) is 12.1 Å². The lowest BCUT2D eigenvalue weighted by atomic mass is 10.0. The van der Waals surface area contributed by atoms with E-state index >= 15 is 0 Å². The van der Waals surface area contributed by atoms with Crippen molar-refractivity contribution in [3.05, 3.63) is 57.6 Å². The monoisotopic (exact) mass is 356 g/mol. The molecule has 2 aromatic rings. The molecule has 0 radical (unpaired) electrons. The lowest BCUT2D eigenvalue weighted by Crippen LogP contribution is -2.07. The van der Waals surface area contributed by atoms with Crippen LogP contribution in [0.2, 0.25) is 0 Å². The summed E-state index contributed by atoms with van der Waals surface area (Å²) >= 11 is 3.27. The highest BCUT2D eigenvalue weighted by Crippen LogP contribution is 2.34. The first kappa shape index (κ1) is 15.4. The van der Waals surface area contributed by atoms with E-state index in [4.69, 9.17) is 9.47 Å². The molecule has 0 saturated heterocycles. The van der Waals surface area contributed by atoms with Gasteiger partial charge in [0.1, 0.15) is 23.1 Å². The summed E-state index contributed by atoms with van der Waals surface area (Å²) in [5.41, 5.74) is -0.109. The largest absolute Gasteiger partial charge is 0.496 e. The summed E-state index contributed by atoms with van der Waals surface area (Å²) < 4.78 is 37.5. The van der Waals surface area contributed by atoms with E-state index in [1.807, 2.05) is 0 Å². The number of carbonyl (C=O) groups excluding carboxylic acids is 1. The molecule has 0 spiro atoms. The van der Waals surface area contributed by atoms with Crippen LogP contribution in [-0.2, 0) is 0 Å². The van der Waals surface area contributed by atoms with E-state index in [1.165, 1.54) is 20.3 Å². The molecule has 0 fully saturated rings. The zero-order valence-corrected chi connectivity index (χ0v) is 12.8. The summed E-state index contributed by atoms with van der Waals surface area (Å²) in [6.45, 7) is 0. The van der Waals surface area contributed by atoms with Gasteiger partial charge >= 0.3 is 0 Å². The van der Waals surface area contributed by atoms with E-state index < -0.39 is 17.4 Å². The number of ketones is 1. The molecule has 2 rings (SSSR count). The molecular formula is C15H11BrF2O3. The molecule has 0 aliphatic rings. The molecule has 21 heavy (non-hydrogen) atoms. The molecule has 0 heterocycles.